The predicted octanol–water partition coefficient (Wildman–Crippen LogP) is 4.47. The van der Waals surface area contributed by atoms with Gasteiger partial charge in [-0.15, -0.1) is 10.1 Å². The fraction of sp³-hybridized carbons (Fsp3) is 0.613. The summed E-state index contributed by atoms with van der Waals surface area (Å²) in [6, 6.07) is 9.91. The van der Waals surface area contributed by atoms with Crippen LogP contribution in [0.15, 0.2) is 54.6 Å². The average Bonchev–Trinajstić information content (AvgIpc) is 3.21. The van der Waals surface area contributed by atoms with Crippen LogP contribution in [-0.2, 0) is 25.6 Å². The van der Waals surface area contributed by atoms with Crippen LogP contribution in [0.4, 0.5) is 0 Å². The fourth-order valence-corrected chi connectivity index (χ4v) is 5.06. The molecular weight excluding hydrogens is 528 g/mol. The second-order valence-corrected chi connectivity index (χ2v) is 10.5. The molecule has 0 unspecified atom stereocenters. The van der Waals surface area contributed by atoms with Gasteiger partial charge in [-0.3, -0.25) is 9.59 Å². The van der Waals surface area contributed by atoms with E-state index in [4.69, 9.17) is 4.74 Å². The van der Waals surface area contributed by atoms with Gasteiger partial charge >= 0.3 is 5.97 Å². The summed E-state index contributed by atoms with van der Waals surface area (Å²) in [5, 5.41) is 33.5. The third-order valence-electron chi connectivity index (χ3n) is 7.25. The number of allylic oxidation sites excluding steroid dienone is 2. The van der Waals surface area contributed by atoms with Gasteiger partial charge in [0.1, 0.15) is 6.10 Å². The maximum Gasteiger partial charge on any atom is 0.306 e. The van der Waals surface area contributed by atoms with Gasteiger partial charge in [-0.25, -0.2) is 0 Å². The van der Waals surface area contributed by atoms with Crippen LogP contribution in [0.2, 0.25) is 0 Å². The molecular formula is C31H46N2O8. The molecule has 1 aliphatic rings. The van der Waals surface area contributed by atoms with Crippen LogP contribution in [0.25, 0.3) is 0 Å². The molecule has 1 aromatic rings. The molecule has 0 saturated heterocycles. The van der Waals surface area contributed by atoms with E-state index in [0.29, 0.717) is 57.9 Å². The number of nitrogens with zero attached hydrogens (tertiary/aromatic N) is 1. The second-order valence-electron chi connectivity index (χ2n) is 10.5. The standard InChI is InChI=1S/C31H46N2O8/c1-2-32-30(36)16-10-4-3-9-15-26-27(29(35)23-28(26)34)21-20-25(19-18-24-13-7-5-8-14-24)41-31(37)17-11-6-12-22-40-33(38)39/h3,5,7-9,13-14,20-21,25-29,34-35H,2,4,6,10-12,15-19,22-23H2,1H3,(H,32,36)/t25-,26-,27-,28+,29-/m1/s1. The third-order valence-corrected chi connectivity index (χ3v) is 7.25. The molecule has 0 radical (unpaired) electrons. The first-order chi connectivity index (χ1) is 19.8. The van der Waals surface area contributed by atoms with Crippen molar-refractivity contribution >= 4 is 11.9 Å². The smallest absolute Gasteiger partial charge is 0.306 e. The number of hydrogen-bond acceptors (Lipinski definition) is 8. The van der Waals surface area contributed by atoms with Crippen molar-refractivity contribution in [2.75, 3.05) is 13.2 Å². The van der Waals surface area contributed by atoms with E-state index in [0.717, 1.165) is 18.4 Å². The number of ether oxygens (including phenoxy) is 1. The highest BCUT2D eigenvalue weighted by Crippen LogP contribution is 2.36. The number of aryl methyl sites for hydroxylation is 1. The Bertz CT molecular complexity index is 968. The lowest BCUT2D eigenvalue weighted by Gasteiger charge is -2.21. The van der Waals surface area contributed by atoms with Crippen LogP contribution in [0.3, 0.4) is 0 Å². The molecule has 2 rings (SSSR count). The maximum absolute atomic E-state index is 12.6. The van der Waals surface area contributed by atoms with Gasteiger partial charge in [0, 0.05) is 31.7 Å². The summed E-state index contributed by atoms with van der Waals surface area (Å²) in [6.07, 6.45) is 11.9. The molecule has 1 saturated carbocycles. The zero-order chi connectivity index (χ0) is 29.9. The summed E-state index contributed by atoms with van der Waals surface area (Å²) in [5.74, 6) is -0.732. The summed E-state index contributed by atoms with van der Waals surface area (Å²) >= 11 is 0. The minimum Gasteiger partial charge on any atom is -0.458 e. The molecule has 1 fully saturated rings. The lowest BCUT2D eigenvalue weighted by atomic mass is 9.89. The van der Waals surface area contributed by atoms with Gasteiger partial charge in [-0.1, -0.05) is 55.0 Å². The number of amides is 1. The lowest BCUT2D eigenvalue weighted by molar-refractivity contribution is -0.757. The highest BCUT2D eigenvalue weighted by atomic mass is 16.9. The Morgan fingerprint density at radius 2 is 1.88 bits per heavy atom. The molecule has 0 heterocycles. The van der Waals surface area contributed by atoms with Gasteiger partial charge in [-0.05, 0) is 69.4 Å². The molecule has 10 nitrogen and oxygen atoms in total. The normalized spacial score (nSPS) is 21.2. The third kappa shape index (κ3) is 14.3. The van der Waals surface area contributed by atoms with Crippen LogP contribution in [0.5, 0.6) is 0 Å². The maximum atomic E-state index is 12.6. The SMILES string of the molecule is CCNC(=O)CCCC=CC[C@@H]1[C@@H](C=C[C@@H](CCc2ccccc2)OC(=O)CCCCCO[N+](=O)[O-])[C@H](O)C[C@@H]1O. The van der Waals surface area contributed by atoms with Crippen molar-refractivity contribution in [3.05, 3.63) is 70.3 Å². The number of unbranched alkanes of at least 4 members (excludes halogenated alkanes) is 3. The molecule has 10 heteroatoms. The zero-order valence-corrected chi connectivity index (χ0v) is 24.1. The molecule has 0 spiro atoms. The van der Waals surface area contributed by atoms with E-state index in [-0.39, 0.29) is 36.7 Å². The van der Waals surface area contributed by atoms with E-state index in [1.54, 1.807) is 0 Å². The van der Waals surface area contributed by atoms with Gasteiger partial charge in [0.2, 0.25) is 5.91 Å². The fourth-order valence-electron chi connectivity index (χ4n) is 5.06. The predicted molar refractivity (Wildman–Crippen MR) is 155 cm³/mol. The van der Waals surface area contributed by atoms with Crippen LogP contribution >= 0.6 is 0 Å². The van der Waals surface area contributed by atoms with Crippen molar-refractivity contribution in [2.45, 2.75) is 95.9 Å². The summed E-state index contributed by atoms with van der Waals surface area (Å²) < 4.78 is 5.78. The average molecular weight is 575 g/mol. The Hall–Kier alpha value is -3.24. The monoisotopic (exact) mass is 574 g/mol. The molecule has 1 amide bonds. The topological polar surface area (TPSA) is 148 Å². The molecule has 0 bridgehead atoms. The second kappa shape index (κ2) is 19.8. The van der Waals surface area contributed by atoms with Crippen LogP contribution < -0.4 is 5.32 Å². The minimum absolute atomic E-state index is 0.00647. The number of esters is 1. The van der Waals surface area contributed by atoms with Crippen LogP contribution in [0, 0.1) is 22.0 Å². The lowest BCUT2D eigenvalue weighted by Crippen LogP contribution is -2.22. The highest BCUT2D eigenvalue weighted by molar-refractivity contribution is 5.75. The van der Waals surface area contributed by atoms with Crippen LogP contribution in [-0.4, -0.2) is 58.6 Å². The Morgan fingerprint density at radius 1 is 1.10 bits per heavy atom. The molecule has 5 atom stereocenters. The van der Waals surface area contributed by atoms with Gasteiger partial charge in [0.05, 0.1) is 18.8 Å². The minimum atomic E-state index is -0.824. The van der Waals surface area contributed by atoms with Crippen molar-refractivity contribution in [2.24, 2.45) is 11.8 Å². The van der Waals surface area contributed by atoms with E-state index in [9.17, 15) is 29.9 Å². The molecule has 0 aromatic heterocycles. The van der Waals surface area contributed by atoms with Gasteiger partial charge in [-0.2, -0.15) is 0 Å². The zero-order valence-electron chi connectivity index (χ0n) is 24.1. The van der Waals surface area contributed by atoms with E-state index in [1.165, 1.54) is 0 Å². The number of carbonyl (C=O) groups is 2. The first-order valence-electron chi connectivity index (χ1n) is 14.8. The molecule has 0 aliphatic heterocycles. The summed E-state index contributed by atoms with van der Waals surface area (Å²) in [7, 11) is 0. The summed E-state index contributed by atoms with van der Waals surface area (Å²) in [5.41, 5.74) is 1.12. The summed E-state index contributed by atoms with van der Waals surface area (Å²) in [4.78, 5) is 38.7. The quantitative estimate of drug-likeness (QED) is 0.0679. The van der Waals surface area contributed by atoms with Gasteiger partial charge in [0.25, 0.3) is 5.09 Å². The van der Waals surface area contributed by atoms with Gasteiger partial charge in [0.15, 0.2) is 0 Å². The number of aliphatic hydroxyl groups excluding tert-OH is 2. The number of rotatable bonds is 20. The Labute approximate surface area is 242 Å². The van der Waals surface area contributed by atoms with Gasteiger partial charge < -0.3 is 25.1 Å². The number of carbonyl (C=O) groups excluding carboxylic acids is 2. The van der Waals surface area contributed by atoms with Crippen molar-refractivity contribution in [1.82, 2.24) is 5.32 Å². The first kappa shape index (κ1) is 34.0. The van der Waals surface area contributed by atoms with E-state index >= 15 is 0 Å². The number of hydrogen-bond donors (Lipinski definition) is 3. The van der Waals surface area contributed by atoms with Crippen molar-refractivity contribution in [3.63, 3.8) is 0 Å². The Kier molecular flexibility index (Phi) is 16.4. The molecule has 41 heavy (non-hydrogen) atoms. The van der Waals surface area contributed by atoms with E-state index < -0.39 is 23.4 Å². The Balaban J connectivity index is 1.93. The summed E-state index contributed by atoms with van der Waals surface area (Å²) in [6.45, 7) is 2.52. The molecule has 3 N–H and O–H groups in total. The van der Waals surface area contributed by atoms with Crippen molar-refractivity contribution in [3.8, 4) is 0 Å². The molecule has 1 aromatic carbocycles. The molecule has 228 valence electrons. The number of aliphatic hydroxyl groups is 2. The first-order valence-corrected chi connectivity index (χ1v) is 14.8. The van der Waals surface area contributed by atoms with E-state index in [2.05, 4.69) is 10.2 Å². The number of nitrogens with one attached hydrogen (secondary N) is 1. The number of benzene rings is 1. The Morgan fingerprint density at radius 3 is 2.61 bits per heavy atom. The van der Waals surface area contributed by atoms with Crippen molar-refractivity contribution in [1.29, 1.82) is 0 Å². The van der Waals surface area contributed by atoms with E-state index in [1.807, 2.05) is 61.6 Å². The largest absolute Gasteiger partial charge is 0.458 e. The van der Waals surface area contributed by atoms with Crippen LogP contribution in [0.1, 0.15) is 76.7 Å². The van der Waals surface area contributed by atoms with Crippen molar-refractivity contribution < 1.29 is 34.5 Å². The highest BCUT2D eigenvalue weighted by Gasteiger charge is 2.39. The molecule has 1 aliphatic carbocycles.